The maximum atomic E-state index is 10.9. The number of rotatable bonds is 9. The van der Waals surface area contributed by atoms with Gasteiger partial charge in [-0.3, -0.25) is 0 Å². The highest BCUT2D eigenvalue weighted by atomic mass is 32.2. The third-order valence-electron chi connectivity index (χ3n) is 2.08. The van der Waals surface area contributed by atoms with E-state index >= 15 is 0 Å². The van der Waals surface area contributed by atoms with Gasteiger partial charge in [-0.1, -0.05) is 6.92 Å². The molecule has 0 saturated heterocycles. The first-order valence-electron chi connectivity index (χ1n) is 5.44. The number of hydrogen-bond donors (Lipinski definition) is 1. The highest BCUT2D eigenvalue weighted by Crippen LogP contribution is 2.03. The first kappa shape index (κ1) is 15.3. The van der Waals surface area contributed by atoms with Gasteiger partial charge in [0.2, 0.25) is 0 Å². The maximum Gasteiger partial charge on any atom is 0.147 e. The highest BCUT2D eigenvalue weighted by molar-refractivity contribution is 7.99. The summed E-state index contributed by atoms with van der Waals surface area (Å²) in [6, 6.07) is 0.489. The van der Waals surface area contributed by atoms with Gasteiger partial charge >= 0.3 is 0 Å². The van der Waals surface area contributed by atoms with E-state index in [9.17, 15) is 8.42 Å². The molecule has 15 heavy (non-hydrogen) atoms. The lowest BCUT2D eigenvalue weighted by Gasteiger charge is -2.12. The van der Waals surface area contributed by atoms with E-state index in [0.717, 1.165) is 13.0 Å². The Kier molecular flexibility index (Phi) is 8.56. The Morgan fingerprint density at radius 1 is 1.40 bits per heavy atom. The van der Waals surface area contributed by atoms with E-state index in [2.05, 4.69) is 19.2 Å². The third kappa shape index (κ3) is 12.2. The molecule has 0 aliphatic carbocycles. The molecule has 1 unspecified atom stereocenters. The van der Waals surface area contributed by atoms with Gasteiger partial charge in [-0.05, 0) is 37.8 Å². The van der Waals surface area contributed by atoms with Crippen molar-refractivity contribution in [1.29, 1.82) is 0 Å². The Labute approximate surface area is 98.3 Å². The van der Waals surface area contributed by atoms with Crippen molar-refractivity contribution in [3.8, 4) is 0 Å². The van der Waals surface area contributed by atoms with Crippen LogP contribution in [0.4, 0.5) is 0 Å². The fourth-order valence-electron chi connectivity index (χ4n) is 1.19. The summed E-state index contributed by atoms with van der Waals surface area (Å²) in [5.41, 5.74) is 0. The predicted molar refractivity (Wildman–Crippen MR) is 69.4 cm³/mol. The Morgan fingerprint density at radius 2 is 2.07 bits per heavy atom. The van der Waals surface area contributed by atoms with Gasteiger partial charge in [0.1, 0.15) is 9.84 Å². The Balaban J connectivity index is 3.35. The SMILES string of the molecule is CCSCCC(C)NCCCS(C)(=O)=O. The standard InChI is InChI=1S/C10H23NO2S2/c1-4-14-8-6-10(2)11-7-5-9-15(3,12)13/h10-11H,4-9H2,1-3H3. The van der Waals surface area contributed by atoms with E-state index in [1.807, 2.05) is 11.8 Å². The normalized spacial score (nSPS) is 14.1. The summed E-state index contributed by atoms with van der Waals surface area (Å²) < 4.78 is 21.7. The van der Waals surface area contributed by atoms with Crippen LogP contribution in [0.1, 0.15) is 26.7 Å². The van der Waals surface area contributed by atoms with Gasteiger partial charge in [-0.15, -0.1) is 0 Å². The monoisotopic (exact) mass is 253 g/mol. The molecule has 0 rings (SSSR count). The molecule has 0 amide bonds. The lowest BCUT2D eigenvalue weighted by atomic mass is 10.2. The third-order valence-corrected chi connectivity index (χ3v) is 4.05. The van der Waals surface area contributed by atoms with E-state index < -0.39 is 9.84 Å². The number of sulfone groups is 1. The van der Waals surface area contributed by atoms with Crippen LogP contribution in [-0.4, -0.2) is 44.5 Å². The summed E-state index contributed by atoms with van der Waals surface area (Å²) in [6.07, 6.45) is 3.15. The van der Waals surface area contributed by atoms with Gasteiger partial charge < -0.3 is 5.32 Å². The minimum Gasteiger partial charge on any atom is -0.314 e. The molecule has 3 nitrogen and oxygen atoms in total. The molecule has 0 aromatic carbocycles. The van der Waals surface area contributed by atoms with Crippen molar-refractivity contribution in [3.05, 3.63) is 0 Å². The topological polar surface area (TPSA) is 46.2 Å². The molecule has 0 spiro atoms. The minimum absolute atomic E-state index is 0.288. The molecule has 0 saturated carbocycles. The summed E-state index contributed by atoms with van der Waals surface area (Å²) >= 11 is 1.94. The first-order valence-corrected chi connectivity index (χ1v) is 8.66. The molecule has 0 radical (unpaired) electrons. The van der Waals surface area contributed by atoms with Gasteiger partial charge in [-0.25, -0.2) is 8.42 Å². The van der Waals surface area contributed by atoms with Crippen molar-refractivity contribution in [2.45, 2.75) is 32.7 Å². The van der Waals surface area contributed by atoms with Crippen LogP contribution in [-0.2, 0) is 9.84 Å². The Morgan fingerprint density at radius 3 is 2.60 bits per heavy atom. The molecular formula is C10H23NO2S2. The summed E-state index contributed by atoms with van der Waals surface area (Å²) in [5, 5.41) is 3.34. The molecule has 0 aromatic heterocycles. The second-order valence-corrected chi connectivity index (χ2v) is 7.48. The summed E-state index contributed by atoms with van der Waals surface area (Å²) in [4.78, 5) is 0. The molecule has 1 atom stereocenters. The van der Waals surface area contributed by atoms with E-state index in [1.54, 1.807) is 0 Å². The number of thioether (sulfide) groups is 1. The second kappa shape index (κ2) is 8.42. The van der Waals surface area contributed by atoms with Crippen LogP contribution in [0.15, 0.2) is 0 Å². The minimum atomic E-state index is -2.79. The number of hydrogen-bond acceptors (Lipinski definition) is 4. The smallest absolute Gasteiger partial charge is 0.147 e. The van der Waals surface area contributed by atoms with E-state index in [4.69, 9.17) is 0 Å². The van der Waals surface area contributed by atoms with Crippen molar-refractivity contribution in [2.75, 3.05) is 30.1 Å². The van der Waals surface area contributed by atoms with Crippen LogP contribution in [0.2, 0.25) is 0 Å². The average molecular weight is 253 g/mol. The first-order chi connectivity index (χ1) is 6.95. The van der Waals surface area contributed by atoms with Gasteiger partial charge in [0.05, 0.1) is 5.75 Å². The maximum absolute atomic E-state index is 10.9. The summed E-state index contributed by atoms with van der Waals surface area (Å²) in [6.45, 7) is 5.11. The largest absolute Gasteiger partial charge is 0.314 e. The van der Waals surface area contributed by atoms with Crippen LogP contribution in [0.5, 0.6) is 0 Å². The van der Waals surface area contributed by atoms with Gasteiger partial charge in [0.25, 0.3) is 0 Å². The van der Waals surface area contributed by atoms with E-state index in [-0.39, 0.29) is 5.75 Å². The van der Waals surface area contributed by atoms with Crippen LogP contribution >= 0.6 is 11.8 Å². The average Bonchev–Trinajstić information content (AvgIpc) is 2.11. The van der Waals surface area contributed by atoms with Gasteiger partial charge in [0, 0.05) is 12.3 Å². The predicted octanol–water partition coefficient (Wildman–Crippen LogP) is 1.54. The Bertz CT molecular complexity index is 240. The zero-order chi connectivity index (χ0) is 11.7. The molecule has 0 aliphatic rings. The molecule has 0 bridgehead atoms. The zero-order valence-electron chi connectivity index (χ0n) is 9.95. The zero-order valence-corrected chi connectivity index (χ0v) is 11.6. The molecule has 0 aromatic rings. The second-order valence-electron chi connectivity index (χ2n) is 3.82. The fourth-order valence-corrected chi connectivity index (χ4v) is 2.67. The molecular weight excluding hydrogens is 230 g/mol. The molecule has 0 heterocycles. The van der Waals surface area contributed by atoms with Crippen LogP contribution in [0.3, 0.4) is 0 Å². The van der Waals surface area contributed by atoms with Crippen LogP contribution < -0.4 is 5.32 Å². The van der Waals surface area contributed by atoms with Gasteiger partial charge in [0.15, 0.2) is 0 Å². The van der Waals surface area contributed by atoms with Crippen molar-refractivity contribution >= 4 is 21.6 Å². The van der Waals surface area contributed by atoms with Crippen LogP contribution in [0, 0.1) is 0 Å². The molecule has 1 N–H and O–H groups in total. The van der Waals surface area contributed by atoms with E-state index in [1.165, 1.54) is 17.8 Å². The van der Waals surface area contributed by atoms with Crippen molar-refractivity contribution in [1.82, 2.24) is 5.32 Å². The van der Waals surface area contributed by atoms with Gasteiger partial charge in [-0.2, -0.15) is 11.8 Å². The lowest BCUT2D eigenvalue weighted by Crippen LogP contribution is -2.28. The quantitative estimate of drug-likeness (QED) is 0.633. The van der Waals surface area contributed by atoms with Crippen molar-refractivity contribution < 1.29 is 8.42 Å². The molecule has 92 valence electrons. The summed E-state index contributed by atoms with van der Waals surface area (Å²) in [5.74, 6) is 2.63. The van der Waals surface area contributed by atoms with Crippen molar-refractivity contribution in [2.24, 2.45) is 0 Å². The number of nitrogens with one attached hydrogen (secondary N) is 1. The molecule has 0 aliphatic heterocycles. The van der Waals surface area contributed by atoms with Crippen molar-refractivity contribution in [3.63, 3.8) is 0 Å². The van der Waals surface area contributed by atoms with Crippen LogP contribution in [0.25, 0.3) is 0 Å². The lowest BCUT2D eigenvalue weighted by molar-refractivity contribution is 0.533. The highest BCUT2D eigenvalue weighted by Gasteiger charge is 2.03. The molecule has 5 heteroatoms. The van der Waals surface area contributed by atoms with E-state index in [0.29, 0.717) is 12.5 Å². The fraction of sp³-hybridized carbons (Fsp3) is 1.00. The summed E-state index contributed by atoms with van der Waals surface area (Å²) in [7, 11) is -2.79. The Hall–Kier alpha value is 0.260. The molecule has 0 fully saturated rings.